The molecule has 5 rings (SSSR count). The van der Waals surface area contributed by atoms with Gasteiger partial charge in [-0.1, -0.05) is 30.3 Å². The molecule has 3 saturated carbocycles. The van der Waals surface area contributed by atoms with Crippen LogP contribution >= 0.6 is 0 Å². The Bertz CT molecular complexity index is 485. The Morgan fingerprint density at radius 2 is 1.95 bits per heavy atom. The Morgan fingerprint density at radius 3 is 2.84 bits per heavy atom. The van der Waals surface area contributed by atoms with Crippen molar-refractivity contribution in [3.05, 3.63) is 35.9 Å². The number of fused-ring (bicyclic) bond motifs is 7. The van der Waals surface area contributed by atoms with Crippen molar-refractivity contribution in [1.82, 2.24) is 0 Å². The number of hydrogen-bond acceptors (Lipinski definition) is 2. The summed E-state index contributed by atoms with van der Waals surface area (Å²) in [6.45, 7) is 0.787. The summed E-state index contributed by atoms with van der Waals surface area (Å²) in [7, 11) is 0. The molecule has 0 radical (unpaired) electrons. The molecule has 1 aromatic rings. The molecule has 1 saturated heterocycles. The second kappa shape index (κ2) is 3.83. The van der Waals surface area contributed by atoms with Crippen LogP contribution in [0.25, 0.3) is 0 Å². The van der Waals surface area contributed by atoms with Crippen LogP contribution in [0.15, 0.2) is 30.3 Å². The first-order valence-corrected chi connectivity index (χ1v) is 7.71. The summed E-state index contributed by atoms with van der Waals surface area (Å²) >= 11 is 0. The molecule has 4 aliphatic rings. The minimum Gasteiger partial charge on any atom is -0.373 e. The highest BCUT2D eigenvalue weighted by Crippen LogP contribution is 2.64. The van der Waals surface area contributed by atoms with Crippen molar-refractivity contribution in [3.63, 3.8) is 0 Å². The topological polar surface area (TPSA) is 21.8 Å². The molecule has 100 valence electrons. The van der Waals surface area contributed by atoms with Gasteiger partial charge in [-0.3, -0.25) is 0 Å². The van der Waals surface area contributed by atoms with Crippen LogP contribution in [0.3, 0.4) is 0 Å². The zero-order valence-corrected chi connectivity index (χ0v) is 11.1. The van der Waals surface area contributed by atoms with Gasteiger partial charge >= 0.3 is 0 Å². The predicted molar refractivity (Wildman–Crippen MR) is 71.5 cm³/mol. The molecule has 19 heavy (non-hydrogen) atoms. The largest absolute Gasteiger partial charge is 0.373 e. The average Bonchev–Trinajstić information content (AvgIpc) is 2.84. The van der Waals surface area contributed by atoms with E-state index in [0.29, 0.717) is 18.3 Å². The number of ether oxygens (including phenoxy) is 2. The Hall–Kier alpha value is -0.860. The first-order valence-electron chi connectivity index (χ1n) is 7.71. The summed E-state index contributed by atoms with van der Waals surface area (Å²) in [4.78, 5) is 0. The Balaban J connectivity index is 1.27. The summed E-state index contributed by atoms with van der Waals surface area (Å²) in [5.41, 5.74) is 1.31. The molecule has 0 spiro atoms. The Kier molecular flexibility index (Phi) is 2.19. The van der Waals surface area contributed by atoms with Gasteiger partial charge in [0.25, 0.3) is 0 Å². The van der Waals surface area contributed by atoms with Crippen molar-refractivity contribution >= 4 is 0 Å². The van der Waals surface area contributed by atoms with Gasteiger partial charge in [-0.25, -0.2) is 0 Å². The van der Waals surface area contributed by atoms with E-state index >= 15 is 0 Å². The molecule has 0 aromatic heterocycles. The van der Waals surface area contributed by atoms with E-state index in [1.54, 1.807) is 0 Å². The van der Waals surface area contributed by atoms with Crippen molar-refractivity contribution in [2.45, 2.75) is 44.2 Å². The molecule has 0 amide bonds. The predicted octanol–water partition coefficient (Wildman–Crippen LogP) is 3.02. The summed E-state index contributed by atoms with van der Waals surface area (Å²) in [6.07, 6.45) is 5.81. The van der Waals surface area contributed by atoms with Crippen molar-refractivity contribution in [2.24, 2.45) is 23.7 Å². The van der Waals surface area contributed by atoms with Gasteiger partial charge in [0.2, 0.25) is 0 Å². The maximum Gasteiger partial charge on any atom is 0.0875 e. The normalized spacial score (nSPS) is 49.2. The number of epoxide rings is 1. The highest BCUT2D eigenvalue weighted by molar-refractivity contribution is 5.16. The van der Waals surface area contributed by atoms with E-state index in [1.165, 1.54) is 24.8 Å². The summed E-state index contributed by atoms with van der Waals surface area (Å²) in [6, 6.07) is 10.6. The molecule has 1 aliphatic heterocycles. The molecular weight excluding hydrogens is 236 g/mol. The SMILES string of the molecule is c1ccc(COC2CC3CC2C2CC4OC4C32)cc1. The van der Waals surface area contributed by atoms with Crippen molar-refractivity contribution in [2.75, 3.05) is 0 Å². The third-order valence-corrected chi connectivity index (χ3v) is 5.99. The Morgan fingerprint density at radius 1 is 1.05 bits per heavy atom. The zero-order chi connectivity index (χ0) is 12.4. The van der Waals surface area contributed by atoms with Gasteiger partial charge in [-0.05, 0) is 48.5 Å². The second-order valence-corrected chi connectivity index (χ2v) is 6.85. The molecule has 0 N–H and O–H groups in total. The number of benzene rings is 1. The molecular formula is C17H20O2. The fourth-order valence-electron chi connectivity index (χ4n) is 5.24. The first kappa shape index (κ1) is 10.9. The van der Waals surface area contributed by atoms with Crippen LogP contribution in [0.4, 0.5) is 0 Å². The van der Waals surface area contributed by atoms with Gasteiger partial charge in [0.15, 0.2) is 0 Å². The van der Waals surface area contributed by atoms with Gasteiger partial charge < -0.3 is 9.47 Å². The molecule has 1 heterocycles. The van der Waals surface area contributed by atoms with E-state index in [9.17, 15) is 0 Å². The van der Waals surface area contributed by atoms with Crippen LogP contribution in [-0.2, 0) is 16.1 Å². The smallest absolute Gasteiger partial charge is 0.0875 e. The first-order chi connectivity index (χ1) is 9.40. The monoisotopic (exact) mass is 256 g/mol. The highest BCUT2D eigenvalue weighted by atomic mass is 16.6. The highest BCUT2D eigenvalue weighted by Gasteiger charge is 2.66. The number of rotatable bonds is 3. The van der Waals surface area contributed by atoms with Gasteiger partial charge in [-0.2, -0.15) is 0 Å². The summed E-state index contributed by atoms with van der Waals surface area (Å²) in [5, 5.41) is 0. The quantitative estimate of drug-likeness (QED) is 0.775. The van der Waals surface area contributed by atoms with Gasteiger partial charge in [0.1, 0.15) is 0 Å². The molecule has 3 aliphatic carbocycles. The lowest BCUT2D eigenvalue weighted by molar-refractivity contribution is -0.0304. The van der Waals surface area contributed by atoms with Crippen LogP contribution in [0.5, 0.6) is 0 Å². The van der Waals surface area contributed by atoms with E-state index in [-0.39, 0.29) is 0 Å². The van der Waals surface area contributed by atoms with Crippen molar-refractivity contribution in [1.29, 1.82) is 0 Å². The molecule has 1 aromatic carbocycles. The lowest BCUT2D eigenvalue weighted by atomic mass is 9.79. The number of hydrogen-bond donors (Lipinski definition) is 0. The molecule has 7 atom stereocenters. The molecule has 4 fully saturated rings. The zero-order valence-electron chi connectivity index (χ0n) is 11.1. The molecule has 2 bridgehead atoms. The minimum atomic E-state index is 0.518. The third-order valence-electron chi connectivity index (χ3n) is 5.99. The van der Waals surface area contributed by atoms with Crippen LogP contribution in [-0.4, -0.2) is 18.3 Å². The standard InChI is InChI=1S/C17H20O2/c1-2-4-10(5-3-1)9-18-14-7-11-6-12(14)13-8-15-17(19-15)16(11)13/h1-5,11-17H,6-9H2. The van der Waals surface area contributed by atoms with Crippen LogP contribution in [0.2, 0.25) is 0 Å². The minimum absolute atomic E-state index is 0.518. The van der Waals surface area contributed by atoms with E-state index < -0.39 is 0 Å². The van der Waals surface area contributed by atoms with Crippen molar-refractivity contribution in [3.8, 4) is 0 Å². The lowest BCUT2D eigenvalue weighted by Crippen LogP contribution is -2.32. The fourth-order valence-corrected chi connectivity index (χ4v) is 5.24. The van der Waals surface area contributed by atoms with E-state index in [4.69, 9.17) is 9.47 Å². The third kappa shape index (κ3) is 1.56. The molecule has 7 unspecified atom stereocenters. The summed E-state index contributed by atoms with van der Waals surface area (Å²) in [5.74, 6) is 3.54. The van der Waals surface area contributed by atoms with E-state index in [2.05, 4.69) is 30.3 Å². The van der Waals surface area contributed by atoms with Gasteiger partial charge in [0.05, 0.1) is 24.9 Å². The van der Waals surface area contributed by atoms with Crippen LogP contribution in [0, 0.1) is 23.7 Å². The fraction of sp³-hybridized carbons (Fsp3) is 0.647. The molecule has 2 heteroatoms. The maximum atomic E-state index is 6.24. The Labute approximate surface area is 114 Å². The van der Waals surface area contributed by atoms with Crippen molar-refractivity contribution < 1.29 is 9.47 Å². The average molecular weight is 256 g/mol. The van der Waals surface area contributed by atoms with Crippen LogP contribution < -0.4 is 0 Å². The summed E-state index contributed by atoms with van der Waals surface area (Å²) < 4.78 is 12.0. The van der Waals surface area contributed by atoms with Gasteiger partial charge in [-0.15, -0.1) is 0 Å². The lowest BCUT2D eigenvalue weighted by Gasteiger charge is -2.32. The molecule has 2 nitrogen and oxygen atoms in total. The van der Waals surface area contributed by atoms with Crippen LogP contribution in [0.1, 0.15) is 24.8 Å². The van der Waals surface area contributed by atoms with E-state index in [0.717, 1.165) is 30.3 Å². The second-order valence-electron chi connectivity index (χ2n) is 6.85. The maximum absolute atomic E-state index is 6.24. The van der Waals surface area contributed by atoms with Gasteiger partial charge in [0, 0.05) is 0 Å². The van der Waals surface area contributed by atoms with E-state index in [1.807, 2.05) is 0 Å².